The Morgan fingerprint density at radius 2 is 1.88 bits per heavy atom. The van der Waals surface area contributed by atoms with Crippen LogP contribution in [0.5, 0.6) is 0 Å². The molecular weight excluding hydrogens is 264 g/mol. The van der Waals surface area contributed by atoms with Crippen LogP contribution in [-0.2, 0) is 10.0 Å². The van der Waals surface area contributed by atoms with Crippen LogP contribution in [0.25, 0.3) is 0 Å². The van der Waals surface area contributed by atoms with Crippen molar-refractivity contribution < 1.29 is 13.2 Å². The Kier molecular flexibility index (Phi) is 3.81. The third kappa shape index (κ3) is 2.96. The van der Waals surface area contributed by atoms with E-state index >= 15 is 0 Å². The largest absolute Gasteiger partial charge is 0.345 e. The van der Waals surface area contributed by atoms with Crippen LogP contribution in [0.3, 0.4) is 0 Å². The van der Waals surface area contributed by atoms with Crippen molar-refractivity contribution >= 4 is 27.5 Å². The van der Waals surface area contributed by atoms with Crippen LogP contribution in [0, 0.1) is 6.92 Å². The number of nitrogens with two attached hydrogens (primary N) is 1. The molecule has 0 radical (unpaired) electrons. The summed E-state index contributed by atoms with van der Waals surface area (Å²) in [5, 5.41) is 5.26. The number of carbonyl (C=O) groups excluding carboxylic acids is 1. The van der Waals surface area contributed by atoms with E-state index in [1.54, 1.807) is 14.1 Å². The Balaban J connectivity index is 3.50. The van der Waals surface area contributed by atoms with Crippen molar-refractivity contribution in [1.82, 2.24) is 4.90 Å². The number of hydrogen-bond donors (Lipinski definition) is 1. The fourth-order valence-corrected chi connectivity index (χ4v) is 2.43. The highest BCUT2D eigenvalue weighted by Crippen LogP contribution is 2.25. The highest BCUT2D eigenvalue weighted by atomic mass is 35.5. The van der Waals surface area contributed by atoms with Gasteiger partial charge in [0, 0.05) is 24.7 Å². The fourth-order valence-electron chi connectivity index (χ4n) is 1.33. The van der Waals surface area contributed by atoms with E-state index in [9.17, 15) is 13.2 Å². The molecule has 1 aromatic carbocycles. The summed E-state index contributed by atoms with van der Waals surface area (Å²) in [6, 6.07) is 2.66. The van der Waals surface area contributed by atoms with Crippen LogP contribution in [0.1, 0.15) is 15.9 Å². The Morgan fingerprint density at radius 3 is 2.29 bits per heavy atom. The van der Waals surface area contributed by atoms with Gasteiger partial charge >= 0.3 is 0 Å². The quantitative estimate of drug-likeness (QED) is 0.875. The molecule has 94 valence electrons. The summed E-state index contributed by atoms with van der Waals surface area (Å²) in [5.74, 6) is -0.336. The minimum Gasteiger partial charge on any atom is -0.345 e. The van der Waals surface area contributed by atoms with E-state index in [2.05, 4.69) is 0 Å². The molecule has 0 bridgehead atoms. The standard InChI is InChI=1S/C10H13ClN2O3S/c1-6-8(11)4-7(10(14)13(2)3)5-9(6)17(12,15)16/h4-5H,1-3H3,(H2,12,15,16). The predicted octanol–water partition coefficient (Wildman–Crippen LogP) is 0.998. The Hall–Kier alpha value is -1.11. The van der Waals surface area contributed by atoms with Gasteiger partial charge in [-0.1, -0.05) is 11.6 Å². The van der Waals surface area contributed by atoms with E-state index in [1.165, 1.54) is 24.0 Å². The molecule has 2 N–H and O–H groups in total. The predicted molar refractivity (Wildman–Crippen MR) is 65.6 cm³/mol. The number of benzene rings is 1. The monoisotopic (exact) mass is 276 g/mol. The highest BCUT2D eigenvalue weighted by molar-refractivity contribution is 7.89. The number of amides is 1. The van der Waals surface area contributed by atoms with Crippen LogP contribution in [-0.4, -0.2) is 33.3 Å². The number of halogens is 1. The number of hydrogen-bond acceptors (Lipinski definition) is 3. The summed E-state index contributed by atoms with van der Waals surface area (Å²) in [6.07, 6.45) is 0. The van der Waals surface area contributed by atoms with Gasteiger partial charge in [0.15, 0.2) is 0 Å². The molecule has 0 atom stereocenters. The zero-order valence-electron chi connectivity index (χ0n) is 9.69. The van der Waals surface area contributed by atoms with Gasteiger partial charge in [-0.2, -0.15) is 0 Å². The van der Waals surface area contributed by atoms with Gasteiger partial charge < -0.3 is 4.90 Å². The summed E-state index contributed by atoms with van der Waals surface area (Å²) in [6.45, 7) is 1.53. The zero-order chi connectivity index (χ0) is 13.4. The Bertz CT molecular complexity index is 567. The summed E-state index contributed by atoms with van der Waals surface area (Å²) in [4.78, 5) is 12.9. The lowest BCUT2D eigenvalue weighted by molar-refractivity contribution is 0.0827. The van der Waals surface area contributed by atoms with Crippen molar-refractivity contribution in [2.75, 3.05) is 14.1 Å². The molecule has 1 aromatic rings. The first-order chi connectivity index (χ1) is 7.64. The van der Waals surface area contributed by atoms with Crippen LogP contribution in [0.2, 0.25) is 5.02 Å². The molecule has 0 aromatic heterocycles. The zero-order valence-corrected chi connectivity index (χ0v) is 11.3. The maximum atomic E-state index is 11.7. The molecule has 5 nitrogen and oxygen atoms in total. The average Bonchev–Trinajstić information content (AvgIpc) is 2.18. The maximum absolute atomic E-state index is 11.7. The minimum absolute atomic E-state index is 0.129. The molecule has 0 saturated carbocycles. The van der Waals surface area contributed by atoms with E-state index in [-0.39, 0.29) is 21.4 Å². The molecule has 0 spiro atoms. The Morgan fingerprint density at radius 1 is 1.35 bits per heavy atom. The van der Waals surface area contributed by atoms with Gasteiger partial charge in [0.05, 0.1) is 4.90 Å². The average molecular weight is 277 g/mol. The lowest BCUT2D eigenvalue weighted by Gasteiger charge is -2.13. The maximum Gasteiger partial charge on any atom is 0.253 e. The lowest BCUT2D eigenvalue weighted by Crippen LogP contribution is -2.23. The number of primary sulfonamides is 1. The highest BCUT2D eigenvalue weighted by Gasteiger charge is 2.18. The number of sulfonamides is 1. The first kappa shape index (κ1) is 14.0. The summed E-state index contributed by atoms with van der Waals surface area (Å²) in [5.41, 5.74) is 0.527. The number of rotatable bonds is 2. The van der Waals surface area contributed by atoms with Gasteiger partial charge in [-0.05, 0) is 24.6 Å². The van der Waals surface area contributed by atoms with Crippen molar-refractivity contribution in [1.29, 1.82) is 0 Å². The molecule has 0 heterocycles. The van der Waals surface area contributed by atoms with E-state index in [0.29, 0.717) is 5.56 Å². The van der Waals surface area contributed by atoms with Crippen molar-refractivity contribution in [2.45, 2.75) is 11.8 Å². The van der Waals surface area contributed by atoms with E-state index in [4.69, 9.17) is 16.7 Å². The molecule has 0 unspecified atom stereocenters. The third-order valence-electron chi connectivity index (χ3n) is 2.26. The molecule has 1 amide bonds. The molecule has 0 fully saturated rings. The third-order valence-corrected chi connectivity index (χ3v) is 3.69. The Labute approximate surface area is 105 Å². The molecule has 7 heteroatoms. The van der Waals surface area contributed by atoms with E-state index in [1.807, 2.05) is 0 Å². The number of carbonyl (C=O) groups is 1. The van der Waals surface area contributed by atoms with Gasteiger partial charge in [-0.15, -0.1) is 0 Å². The van der Waals surface area contributed by atoms with Gasteiger partial charge in [0.25, 0.3) is 5.91 Å². The topological polar surface area (TPSA) is 80.5 Å². The van der Waals surface area contributed by atoms with Gasteiger partial charge in [0.2, 0.25) is 10.0 Å². The van der Waals surface area contributed by atoms with Crippen molar-refractivity contribution in [3.8, 4) is 0 Å². The molecule has 0 saturated heterocycles. The summed E-state index contributed by atoms with van der Waals surface area (Å²) >= 11 is 5.88. The summed E-state index contributed by atoms with van der Waals surface area (Å²) in [7, 11) is -0.768. The first-order valence-electron chi connectivity index (χ1n) is 4.69. The molecular formula is C10H13ClN2O3S. The molecule has 17 heavy (non-hydrogen) atoms. The second kappa shape index (κ2) is 4.64. The second-order valence-electron chi connectivity index (χ2n) is 3.83. The summed E-state index contributed by atoms with van der Waals surface area (Å²) < 4.78 is 22.7. The second-order valence-corrected chi connectivity index (χ2v) is 5.76. The molecule has 0 aliphatic heterocycles. The van der Waals surface area contributed by atoms with Gasteiger partial charge in [-0.3, -0.25) is 4.79 Å². The van der Waals surface area contributed by atoms with E-state index in [0.717, 1.165) is 0 Å². The lowest BCUT2D eigenvalue weighted by atomic mass is 10.1. The van der Waals surface area contributed by atoms with Gasteiger partial charge in [0.1, 0.15) is 0 Å². The molecule has 0 aliphatic rings. The smallest absolute Gasteiger partial charge is 0.253 e. The van der Waals surface area contributed by atoms with Crippen LogP contribution >= 0.6 is 11.6 Å². The van der Waals surface area contributed by atoms with E-state index < -0.39 is 10.0 Å². The van der Waals surface area contributed by atoms with Crippen molar-refractivity contribution in [3.05, 3.63) is 28.3 Å². The van der Waals surface area contributed by atoms with Crippen LogP contribution in [0.4, 0.5) is 0 Å². The fraction of sp³-hybridized carbons (Fsp3) is 0.300. The SMILES string of the molecule is Cc1c(Cl)cc(C(=O)N(C)C)cc1S(N)(=O)=O. The first-order valence-corrected chi connectivity index (χ1v) is 6.61. The normalized spacial score (nSPS) is 11.4. The molecule has 1 rings (SSSR count). The van der Waals surface area contributed by atoms with Crippen molar-refractivity contribution in [3.63, 3.8) is 0 Å². The van der Waals surface area contributed by atoms with Gasteiger partial charge in [-0.25, -0.2) is 13.6 Å². The molecule has 0 aliphatic carbocycles. The van der Waals surface area contributed by atoms with Crippen LogP contribution < -0.4 is 5.14 Å². The van der Waals surface area contributed by atoms with Crippen molar-refractivity contribution in [2.24, 2.45) is 5.14 Å². The minimum atomic E-state index is -3.89. The number of nitrogens with zero attached hydrogens (tertiary/aromatic N) is 1. The van der Waals surface area contributed by atoms with Crippen LogP contribution in [0.15, 0.2) is 17.0 Å².